The van der Waals surface area contributed by atoms with Gasteiger partial charge in [0.15, 0.2) is 0 Å². The van der Waals surface area contributed by atoms with Gasteiger partial charge in [-0.1, -0.05) is 53.5 Å². The van der Waals surface area contributed by atoms with Crippen LogP contribution in [0.4, 0.5) is 11.4 Å². The van der Waals surface area contributed by atoms with Crippen molar-refractivity contribution in [3.05, 3.63) is 106 Å². The zero-order valence-electron chi connectivity index (χ0n) is 16.6. The average Bonchev–Trinajstić information content (AvgIpc) is 2.75. The molecule has 0 aliphatic rings. The van der Waals surface area contributed by atoms with Gasteiger partial charge in [0.1, 0.15) is 0 Å². The van der Waals surface area contributed by atoms with Gasteiger partial charge in [0.2, 0.25) is 0 Å². The summed E-state index contributed by atoms with van der Waals surface area (Å²) in [5.41, 5.74) is 3.26. The van der Waals surface area contributed by atoms with E-state index in [4.69, 9.17) is 23.2 Å². The predicted octanol–water partition coefficient (Wildman–Crippen LogP) is 6.96. The van der Waals surface area contributed by atoms with Crippen molar-refractivity contribution in [3.8, 4) is 0 Å². The Kier molecular flexibility index (Phi) is 5.94. The number of anilines is 2. The summed E-state index contributed by atoms with van der Waals surface area (Å²) >= 11 is 12.0. The molecule has 4 rings (SSSR count). The molecule has 6 heteroatoms. The summed E-state index contributed by atoms with van der Waals surface area (Å²) in [6, 6.07) is 23.2. The fourth-order valence-corrected chi connectivity index (χ4v) is 3.85. The van der Waals surface area contributed by atoms with Crippen molar-refractivity contribution in [2.45, 2.75) is 6.92 Å². The van der Waals surface area contributed by atoms with Crippen LogP contribution in [0.3, 0.4) is 0 Å². The first-order chi connectivity index (χ1) is 14.9. The number of rotatable bonds is 4. The van der Waals surface area contributed by atoms with E-state index in [1.807, 2.05) is 43.3 Å². The summed E-state index contributed by atoms with van der Waals surface area (Å²) in [6.07, 6.45) is 0. The number of amides is 2. The number of halogens is 2. The van der Waals surface area contributed by atoms with E-state index in [9.17, 15) is 9.59 Å². The zero-order chi connectivity index (χ0) is 22.0. The molecule has 0 aliphatic heterocycles. The van der Waals surface area contributed by atoms with Crippen molar-refractivity contribution in [2.24, 2.45) is 0 Å². The van der Waals surface area contributed by atoms with Crippen LogP contribution in [0.15, 0.2) is 78.9 Å². The van der Waals surface area contributed by atoms with Crippen molar-refractivity contribution in [1.82, 2.24) is 0 Å². The number of carbonyl (C=O) groups is 2. The molecule has 0 aromatic heterocycles. The zero-order valence-corrected chi connectivity index (χ0v) is 18.1. The lowest BCUT2D eigenvalue weighted by Crippen LogP contribution is -2.14. The van der Waals surface area contributed by atoms with E-state index in [2.05, 4.69) is 10.6 Å². The fraction of sp³-hybridized carbons (Fsp3) is 0.0400. The maximum absolute atomic E-state index is 12.8. The Morgan fingerprint density at radius 2 is 1.23 bits per heavy atom. The number of aryl methyl sites for hydroxylation is 1. The summed E-state index contributed by atoms with van der Waals surface area (Å²) in [5, 5.41) is 8.39. The number of hydrogen-bond donors (Lipinski definition) is 2. The van der Waals surface area contributed by atoms with E-state index in [0.717, 1.165) is 16.3 Å². The quantitative estimate of drug-likeness (QED) is 0.354. The molecule has 0 bridgehead atoms. The Balaban J connectivity index is 1.48. The Bertz CT molecular complexity index is 1300. The van der Waals surface area contributed by atoms with E-state index >= 15 is 0 Å². The topological polar surface area (TPSA) is 58.2 Å². The Morgan fingerprint density at radius 1 is 0.677 bits per heavy atom. The van der Waals surface area contributed by atoms with Crippen molar-refractivity contribution in [3.63, 3.8) is 0 Å². The normalized spacial score (nSPS) is 10.7. The first-order valence-electron chi connectivity index (χ1n) is 9.58. The molecule has 31 heavy (non-hydrogen) atoms. The van der Waals surface area contributed by atoms with Gasteiger partial charge in [-0.3, -0.25) is 9.59 Å². The molecule has 0 spiro atoms. The number of hydrogen-bond acceptors (Lipinski definition) is 2. The molecule has 4 aromatic carbocycles. The first-order valence-corrected chi connectivity index (χ1v) is 10.3. The van der Waals surface area contributed by atoms with E-state index in [-0.39, 0.29) is 16.8 Å². The lowest BCUT2D eigenvalue weighted by atomic mass is 10.00. The Hall–Kier alpha value is -3.34. The minimum atomic E-state index is -0.343. The van der Waals surface area contributed by atoms with Crippen LogP contribution in [0.25, 0.3) is 10.8 Å². The third-order valence-electron chi connectivity index (χ3n) is 4.96. The Labute approximate surface area is 189 Å². The predicted molar refractivity (Wildman–Crippen MR) is 127 cm³/mol. The van der Waals surface area contributed by atoms with E-state index in [0.29, 0.717) is 27.5 Å². The van der Waals surface area contributed by atoms with Crippen LogP contribution in [-0.2, 0) is 0 Å². The maximum Gasteiger partial charge on any atom is 0.257 e. The van der Waals surface area contributed by atoms with Crippen molar-refractivity contribution in [2.75, 3.05) is 10.6 Å². The molecule has 4 nitrogen and oxygen atoms in total. The Morgan fingerprint density at radius 3 is 1.84 bits per heavy atom. The molecule has 0 atom stereocenters. The van der Waals surface area contributed by atoms with Crippen molar-refractivity contribution < 1.29 is 9.59 Å². The van der Waals surface area contributed by atoms with Gasteiger partial charge in [-0.2, -0.15) is 0 Å². The lowest BCUT2D eigenvalue weighted by molar-refractivity contribution is 0.101. The van der Waals surface area contributed by atoms with Crippen LogP contribution >= 0.6 is 23.2 Å². The molecule has 0 saturated heterocycles. The molecular formula is C25H18Cl2N2O2. The molecule has 0 aliphatic carbocycles. The minimum absolute atomic E-state index is 0.194. The van der Waals surface area contributed by atoms with Crippen molar-refractivity contribution >= 4 is 57.2 Å². The van der Waals surface area contributed by atoms with Gasteiger partial charge in [0.25, 0.3) is 11.8 Å². The summed E-state index contributed by atoms with van der Waals surface area (Å²) in [6.45, 7) is 2.02. The van der Waals surface area contributed by atoms with E-state index in [1.165, 1.54) is 6.07 Å². The van der Waals surface area contributed by atoms with Crippen LogP contribution in [0.5, 0.6) is 0 Å². The maximum atomic E-state index is 12.8. The highest BCUT2D eigenvalue weighted by atomic mass is 35.5. The second-order valence-electron chi connectivity index (χ2n) is 7.09. The summed E-state index contributed by atoms with van der Waals surface area (Å²) in [4.78, 5) is 25.3. The molecule has 0 heterocycles. The summed E-state index contributed by atoms with van der Waals surface area (Å²) in [5.74, 6) is -0.537. The van der Waals surface area contributed by atoms with Crippen LogP contribution in [-0.4, -0.2) is 11.8 Å². The number of fused-ring (bicyclic) bond motifs is 1. The molecule has 0 saturated carbocycles. The molecule has 4 aromatic rings. The van der Waals surface area contributed by atoms with Gasteiger partial charge in [-0.15, -0.1) is 0 Å². The smallest absolute Gasteiger partial charge is 0.257 e. The average molecular weight is 449 g/mol. The minimum Gasteiger partial charge on any atom is -0.322 e. The monoisotopic (exact) mass is 448 g/mol. The highest BCUT2D eigenvalue weighted by Gasteiger charge is 2.13. The summed E-state index contributed by atoms with van der Waals surface area (Å²) in [7, 11) is 0. The highest BCUT2D eigenvalue weighted by molar-refractivity contribution is 6.37. The van der Waals surface area contributed by atoms with Gasteiger partial charge in [-0.05, 0) is 71.8 Å². The largest absolute Gasteiger partial charge is 0.322 e. The van der Waals surface area contributed by atoms with E-state index < -0.39 is 0 Å². The highest BCUT2D eigenvalue weighted by Crippen LogP contribution is 2.25. The lowest BCUT2D eigenvalue weighted by Gasteiger charge is -2.11. The second-order valence-corrected chi connectivity index (χ2v) is 7.93. The number of carbonyl (C=O) groups excluding carboxylic acids is 2. The molecule has 154 valence electrons. The van der Waals surface area contributed by atoms with Gasteiger partial charge in [0.05, 0.1) is 10.6 Å². The van der Waals surface area contributed by atoms with Crippen LogP contribution in [0, 0.1) is 6.92 Å². The van der Waals surface area contributed by atoms with Gasteiger partial charge in [0, 0.05) is 22.0 Å². The third kappa shape index (κ3) is 4.55. The molecule has 0 unspecified atom stereocenters. The first kappa shape index (κ1) is 20.9. The molecular weight excluding hydrogens is 431 g/mol. The molecule has 2 amide bonds. The number of benzene rings is 4. The molecule has 2 N–H and O–H groups in total. The SMILES string of the molecule is Cc1ccc(C(=O)Nc2ccc(NC(=O)c3ccc(Cl)cc3Cl)cc2)c2ccccc12. The summed E-state index contributed by atoms with van der Waals surface area (Å²) < 4.78 is 0. The van der Waals surface area contributed by atoms with Gasteiger partial charge in [-0.25, -0.2) is 0 Å². The fourth-order valence-electron chi connectivity index (χ4n) is 3.36. The second kappa shape index (κ2) is 8.80. The van der Waals surface area contributed by atoms with Gasteiger partial charge < -0.3 is 10.6 Å². The molecule has 0 radical (unpaired) electrons. The van der Waals surface area contributed by atoms with E-state index in [1.54, 1.807) is 36.4 Å². The standard InChI is InChI=1S/C25H18Cl2N2O2/c1-15-6-12-21(20-5-3-2-4-19(15)20)24(30)28-17-8-10-18(11-9-17)29-25(31)22-13-7-16(26)14-23(22)27/h2-14H,1H3,(H,28,30)(H,29,31). The van der Waals surface area contributed by atoms with Crippen LogP contribution < -0.4 is 10.6 Å². The number of nitrogens with one attached hydrogen (secondary N) is 2. The molecule has 0 fully saturated rings. The van der Waals surface area contributed by atoms with Gasteiger partial charge >= 0.3 is 0 Å². The van der Waals surface area contributed by atoms with Crippen molar-refractivity contribution in [1.29, 1.82) is 0 Å². The van der Waals surface area contributed by atoms with Crippen LogP contribution in [0.1, 0.15) is 26.3 Å². The van der Waals surface area contributed by atoms with Crippen LogP contribution in [0.2, 0.25) is 10.0 Å². The third-order valence-corrected chi connectivity index (χ3v) is 5.51.